The number of nitrogens with zero attached hydrogens (tertiary/aromatic N) is 1. The van der Waals surface area contributed by atoms with Gasteiger partial charge in [-0.1, -0.05) is 23.8 Å². The summed E-state index contributed by atoms with van der Waals surface area (Å²) in [7, 11) is 0. The van der Waals surface area contributed by atoms with Gasteiger partial charge in [-0.2, -0.15) is 0 Å². The van der Waals surface area contributed by atoms with Crippen molar-refractivity contribution in [1.29, 1.82) is 0 Å². The molecule has 2 nitrogen and oxygen atoms in total. The molecular formula is C14H20N2. The Labute approximate surface area is 97.8 Å². The third kappa shape index (κ3) is 3.11. The van der Waals surface area contributed by atoms with Crippen LogP contribution >= 0.6 is 0 Å². The van der Waals surface area contributed by atoms with Gasteiger partial charge >= 0.3 is 0 Å². The maximum Gasteiger partial charge on any atom is 0.0316 e. The van der Waals surface area contributed by atoms with Gasteiger partial charge in [-0.15, -0.1) is 0 Å². The fraction of sp³-hybridized carbons (Fsp3) is 0.429. The summed E-state index contributed by atoms with van der Waals surface area (Å²) in [5.74, 6) is 0. The van der Waals surface area contributed by atoms with Gasteiger partial charge in [0, 0.05) is 25.3 Å². The van der Waals surface area contributed by atoms with Crippen LogP contribution in [0.2, 0.25) is 0 Å². The fourth-order valence-corrected chi connectivity index (χ4v) is 2.05. The molecule has 0 bridgehead atoms. The lowest BCUT2D eigenvalue weighted by atomic mass is 10.1. The Morgan fingerprint density at radius 1 is 1.38 bits per heavy atom. The fourth-order valence-electron chi connectivity index (χ4n) is 2.05. The number of benzene rings is 1. The van der Waals surface area contributed by atoms with Crippen LogP contribution in [0.15, 0.2) is 35.9 Å². The van der Waals surface area contributed by atoms with Crippen molar-refractivity contribution in [2.75, 3.05) is 25.4 Å². The molecule has 1 aromatic carbocycles. The molecule has 86 valence electrons. The van der Waals surface area contributed by atoms with E-state index >= 15 is 0 Å². The van der Waals surface area contributed by atoms with Gasteiger partial charge in [-0.3, -0.25) is 4.90 Å². The molecule has 0 saturated carbocycles. The molecule has 16 heavy (non-hydrogen) atoms. The van der Waals surface area contributed by atoms with Crippen LogP contribution in [0.1, 0.15) is 18.9 Å². The molecule has 2 heteroatoms. The average molecular weight is 216 g/mol. The minimum Gasteiger partial charge on any atom is -0.399 e. The van der Waals surface area contributed by atoms with Crippen molar-refractivity contribution in [3.05, 3.63) is 41.5 Å². The highest BCUT2D eigenvalue weighted by Gasteiger charge is 2.08. The van der Waals surface area contributed by atoms with Crippen LogP contribution in [0, 0.1) is 0 Å². The van der Waals surface area contributed by atoms with E-state index in [0.717, 1.165) is 25.2 Å². The van der Waals surface area contributed by atoms with Crippen molar-refractivity contribution in [3.8, 4) is 0 Å². The first-order chi connectivity index (χ1) is 7.74. The molecule has 0 unspecified atom stereocenters. The normalized spacial score (nSPS) is 17.2. The van der Waals surface area contributed by atoms with Gasteiger partial charge in [0.25, 0.3) is 0 Å². The van der Waals surface area contributed by atoms with Gasteiger partial charge in [-0.25, -0.2) is 0 Å². The van der Waals surface area contributed by atoms with Crippen molar-refractivity contribution >= 4 is 5.69 Å². The van der Waals surface area contributed by atoms with Crippen molar-refractivity contribution in [1.82, 2.24) is 4.90 Å². The number of hydrogen-bond acceptors (Lipinski definition) is 2. The van der Waals surface area contributed by atoms with E-state index in [9.17, 15) is 0 Å². The molecule has 0 aromatic heterocycles. The molecule has 1 heterocycles. The summed E-state index contributed by atoms with van der Waals surface area (Å²) in [6.45, 7) is 5.65. The maximum atomic E-state index is 5.76. The van der Waals surface area contributed by atoms with E-state index in [0.29, 0.717) is 0 Å². The summed E-state index contributed by atoms with van der Waals surface area (Å²) in [5, 5.41) is 0. The first kappa shape index (κ1) is 11.2. The number of nitrogen functional groups attached to an aromatic ring is 1. The molecule has 0 fully saturated rings. The minimum absolute atomic E-state index is 0.867. The lowest BCUT2D eigenvalue weighted by molar-refractivity contribution is 0.298. The third-order valence-corrected chi connectivity index (χ3v) is 3.19. The number of hydrogen-bond donors (Lipinski definition) is 1. The van der Waals surface area contributed by atoms with Crippen molar-refractivity contribution in [2.45, 2.75) is 19.8 Å². The number of nitrogens with two attached hydrogens (primary N) is 1. The SMILES string of the molecule is CC1=CCN(CCc2cccc(N)c2)CC1. The zero-order valence-corrected chi connectivity index (χ0v) is 9.95. The zero-order valence-electron chi connectivity index (χ0n) is 9.95. The molecule has 1 aromatic rings. The second kappa shape index (κ2) is 5.17. The van der Waals surface area contributed by atoms with Crippen LogP contribution in [-0.2, 0) is 6.42 Å². The smallest absolute Gasteiger partial charge is 0.0316 e. The lowest BCUT2D eigenvalue weighted by Crippen LogP contribution is -2.30. The van der Waals surface area contributed by atoms with E-state index in [1.165, 1.54) is 24.1 Å². The highest BCUT2D eigenvalue weighted by atomic mass is 15.1. The molecule has 2 rings (SSSR count). The summed E-state index contributed by atoms with van der Waals surface area (Å²) in [5.41, 5.74) is 9.50. The quantitative estimate of drug-likeness (QED) is 0.621. The number of rotatable bonds is 3. The van der Waals surface area contributed by atoms with Gasteiger partial charge in [0.15, 0.2) is 0 Å². The average Bonchev–Trinajstić information content (AvgIpc) is 2.28. The second-order valence-electron chi connectivity index (χ2n) is 4.60. The van der Waals surface area contributed by atoms with Crippen LogP contribution in [0.25, 0.3) is 0 Å². The van der Waals surface area contributed by atoms with E-state index in [-0.39, 0.29) is 0 Å². The molecule has 0 spiro atoms. The maximum absolute atomic E-state index is 5.76. The second-order valence-corrected chi connectivity index (χ2v) is 4.60. The molecule has 1 aliphatic rings. The van der Waals surface area contributed by atoms with Crippen molar-refractivity contribution in [2.24, 2.45) is 0 Å². The topological polar surface area (TPSA) is 29.3 Å². The molecule has 2 N–H and O–H groups in total. The molecular weight excluding hydrogens is 196 g/mol. The Kier molecular flexibility index (Phi) is 3.62. The Hall–Kier alpha value is -1.28. The summed E-state index contributed by atoms with van der Waals surface area (Å²) in [6.07, 6.45) is 4.65. The van der Waals surface area contributed by atoms with Crippen molar-refractivity contribution < 1.29 is 0 Å². The van der Waals surface area contributed by atoms with Crippen LogP contribution in [0.3, 0.4) is 0 Å². The van der Waals surface area contributed by atoms with Gasteiger partial charge < -0.3 is 5.73 Å². The summed E-state index contributed by atoms with van der Waals surface area (Å²) in [6, 6.07) is 8.20. The van der Waals surface area contributed by atoms with Gasteiger partial charge in [0.05, 0.1) is 0 Å². The predicted molar refractivity (Wildman–Crippen MR) is 69.4 cm³/mol. The van der Waals surface area contributed by atoms with E-state index in [1.807, 2.05) is 12.1 Å². The highest BCUT2D eigenvalue weighted by molar-refractivity contribution is 5.40. The molecule has 0 radical (unpaired) electrons. The Balaban J connectivity index is 1.84. The Morgan fingerprint density at radius 3 is 2.94 bits per heavy atom. The lowest BCUT2D eigenvalue weighted by Gasteiger charge is -2.25. The summed E-state index contributed by atoms with van der Waals surface area (Å²) in [4.78, 5) is 2.50. The van der Waals surface area contributed by atoms with Gasteiger partial charge in [0.1, 0.15) is 0 Å². The molecule has 0 saturated heterocycles. The molecule has 0 atom stereocenters. The summed E-state index contributed by atoms with van der Waals surface area (Å²) >= 11 is 0. The van der Waals surface area contributed by atoms with E-state index < -0.39 is 0 Å². The van der Waals surface area contributed by atoms with Crippen LogP contribution in [0.4, 0.5) is 5.69 Å². The first-order valence-corrected chi connectivity index (χ1v) is 5.96. The first-order valence-electron chi connectivity index (χ1n) is 5.96. The standard InChI is InChI=1S/C14H20N2/c1-12-5-8-16(9-6-12)10-7-13-3-2-4-14(15)11-13/h2-5,11H,6-10,15H2,1H3. The van der Waals surface area contributed by atoms with Gasteiger partial charge in [0.2, 0.25) is 0 Å². The van der Waals surface area contributed by atoms with Crippen LogP contribution in [0.5, 0.6) is 0 Å². The minimum atomic E-state index is 0.867. The highest BCUT2D eigenvalue weighted by Crippen LogP contribution is 2.12. The van der Waals surface area contributed by atoms with E-state index in [1.54, 1.807) is 0 Å². The van der Waals surface area contributed by atoms with Crippen LogP contribution < -0.4 is 5.73 Å². The van der Waals surface area contributed by atoms with Crippen molar-refractivity contribution in [3.63, 3.8) is 0 Å². The van der Waals surface area contributed by atoms with Gasteiger partial charge in [-0.05, 0) is 37.5 Å². The van der Waals surface area contributed by atoms with E-state index in [2.05, 4.69) is 30.0 Å². The molecule has 1 aliphatic heterocycles. The molecule has 0 amide bonds. The summed E-state index contributed by atoms with van der Waals surface area (Å²) < 4.78 is 0. The molecule has 0 aliphatic carbocycles. The third-order valence-electron chi connectivity index (χ3n) is 3.19. The van der Waals surface area contributed by atoms with E-state index in [4.69, 9.17) is 5.73 Å². The Bertz CT molecular complexity index is 382. The Morgan fingerprint density at radius 2 is 2.25 bits per heavy atom. The number of anilines is 1. The predicted octanol–water partition coefficient (Wildman–Crippen LogP) is 2.46. The largest absolute Gasteiger partial charge is 0.399 e. The monoisotopic (exact) mass is 216 g/mol. The zero-order chi connectivity index (χ0) is 11.4. The van der Waals surface area contributed by atoms with Crippen LogP contribution in [-0.4, -0.2) is 24.5 Å².